The molecule has 2 radical (unpaired) electrons. The molecule has 0 atom stereocenters. The first-order valence-electron chi connectivity index (χ1n) is 6.52. The highest BCUT2D eigenvalue weighted by molar-refractivity contribution is 6.36. The van der Waals surface area contributed by atoms with Crippen molar-refractivity contribution in [3.63, 3.8) is 0 Å². The highest BCUT2D eigenvalue weighted by Gasteiger charge is 2.16. The van der Waals surface area contributed by atoms with Gasteiger partial charge in [0.05, 0.1) is 0 Å². The smallest absolute Gasteiger partial charge is 0.149 e. The third-order valence-corrected chi connectivity index (χ3v) is 4.00. The van der Waals surface area contributed by atoms with Crippen LogP contribution in [0.25, 0.3) is 5.65 Å². The van der Waals surface area contributed by atoms with Gasteiger partial charge in [0.2, 0.25) is 0 Å². The summed E-state index contributed by atoms with van der Waals surface area (Å²) < 4.78 is 1.58. The van der Waals surface area contributed by atoms with E-state index in [4.69, 9.17) is 19.4 Å². The summed E-state index contributed by atoms with van der Waals surface area (Å²) in [6.07, 6.45) is 9.27. The van der Waals surface area contributed by atoms with Crippen molar-refractivity contribution in [3.8, 4) is 0 Å². The molecule has 0 aromatic carbocycles. The van der Waals surface area contributed by atoms with Crippen LogP contribution in [0.15, 0.2) is 12.3 Å². The second-order valence-electron chi connectivity index (χ2n) is 5.11. The van der Waals surface area contributed by atoms with E-state index in [9.17, 15) is 0 Å². The molecule has 1 aliphatic carbocycles. The largest absolute Gasteiger partial charge is 0.234 e. The molecular formula is C13H15BClN3. The molecule has 18 heavy (non-hydrogen) atoms. The zero-order chi connectivity index (χ0) is 12.5. The Bertz CT molecular complexity index is 561. The Morgan fingerprint density at radius 1 is 1.33 bits per heavy atom. The van der Waals surface area contributed by atoms with Crippen LogP contribution in [0.2, 0.25) is 5.15 Å². The quantitative estimate of drug-likeness (QED) is 0.612. The summed E-state index contributed by atoms with van der Waals surface area (Å²) >= 11 is 6.20. The van der Waals surface area contributed by atoms with Crippen molar-refractivity contribution in [3.05, 3.63) is 23.1 Å². The first-order chi connectivity index (χ1) is 8.74. The van der Waals surface area contributed by atoms with Crippen molar-refractivity contribution >= 4 is 30.6 Å². The summed E-state index contributed by atoms with van der Waals surface area (Å²) in [5.74, 6) is 0.744. The van der Waals surface area contributed by atoms with Crippen LogP contribution in [0.4, 0.5) is 0 Å². The summed E-state index contributed by atoms with van der Waals surface area (Å²) in [5, 5.41) is 4.69. The Morgan fingerprint density at radius 3 is 2.89 bits per heavy atom. The Hall–Kier alpha value is -1.03. The van der Waals surface area contributed by atoms with Crippen molar-refractivity contribution in [1.29, 1.82) is 0 Å². The van der Waals surface area contributed by atoms with Crippen molar-refractivity contribution in [2.45, 2.75) is 38.5 Å². The lowest BCUT2D eigenvalue weighted by atomic mass is 9.86. The van der Waals surface area contributed by atoms with Crippen LogP contribution >= 0.6 is 11.6 Å². The summed E-state index contributed by atoms with van der Waals surface area (Å²) in [5.41, 5.74) is 2.29. The van der Waals surface area contributed by atoms with E-state index in [1.54, 1.807) is 10.7 Å². The molecule has 92 valence electrons. The van der Waals surface area contributed by atoms with E-state index in [0.717, 1.165) is 18.0 Å². The predicted octanol–water partition coefficient (Wildman–Crippen LogP) is 2.30. The third-order valence-electron chi connectivity index (χ3n) is 3.73. The van der Waals surface area contributed by atoms with Gasteiger partial charge in [-0.1, -0.05) is 43.7 Å². The molecule has 1 saturated carbocycles. The van der Waals surface area contributed by atoms with Gasteiger partial charge >= 0.3 is 0 Å². The zero-order valence-corrected chi connectivity index (χ0v) is 11.0. The average Bonchev–Trinajstić information content (AvgIpc) is 2.73. The van der Waals surface area contributed by atoms with Crippen LogP contribution < -0.4 is 5.46 Å². The molecule has 5 heteroatoms. The second-order valence-corrected chi connectivity index (χ2v) is 5.50. The van der Waals surface area contributed by atoms with E-state index < -0.39 is 0 Å². The number of hydrogen-bond acceptors (Lipinski definition) is 2. The molecule has 0 bridgehead atoms. The van der Waals surface area contributed by atoms with Crippen molar-refractivity contribution < 1.29 is 0 Å². The van der Waals surface area contributed by atoms with Gasteiger partial charge < -0.3 is 0 Å². The molecule has 3 nitrogen and oxygen atoms in total. The first-order valence-corrected chi connectivity index (χ1v) is 6.90. The minimum absolute atomic E-state index is 0.586. The lowest BCUT2D eigenvalue weighted by Gasteiger charge is -2.21. The Kier molecular flexibility index (Phi) is 3.29. The van der Waals surface area contributed by atoms with Crippen molar-refractivity contribution in [1.82, 2.24) is 14.6 Å². The summed E-state index contributed by atoms with van der Waals surface area (Å²) in [6, 6.07) is 1.91. The minimum atomic E-state index is 0.586. The normalized spacial score (nSPS) is 17.4. The maximum Gasteiger partial charge on any atom is 0.149 e. The highest BCUT2D eigenvalue weighted by Crippen LogP contribution is 2.27. The van der Waals surface area contributed by atoms with Gasteiger partial charge in [-0.3, -0.25) is 0 Å². The second kappa shape index (κ2) is 4.92. The van der Waals surface area contributed by atoms with Crippen LogP contribution in [0.5, 0.6) is 0 Å². The highest BCUT2D eigenvalue weighted by atomic mass is 35.5. The topological polar surface area (TPSA) is 30.2 Å². The minimum Gasteiger partial charge on any atom is -0.234 e. The van der Waals surface area contributed by atoms with Crippen LogP contribution in [0.1, 0.15) is 37.8 Å². The maximum atomic E-state index is 6.20. The number of nitrogens with zero attached hydrogens (tertiary/aromatic N) is 3. The Labute approximate surface area is 113 Å². The molecule has 0 N–H and O–H groups in total. The SMILES string of the molecule is [B]c1cnn2c(Cl)cc(CC3CCCCC3)nc12. The maximum absolute atomic E-state index is 6.20. The fourth-order valence-electron chi connectivity index (χ4n) is 2.78. The van der Waals surface area contributed by atoms with Gasteiger partial charge in [-0.15, -0.1) is 0 Å². The van der Waals surface area contributed by atoms with E-state index in [1.165, 1.54) is 32.1 Å². The fraction of sp³-hybridized carbons (Fsp3) is 0.538. The molecule has 2 heterocycles. The van der Waals surface area contributed by atoms with Gasteiger partial charge in [0.25, 0.3) is 0 Å². The van der Waals surface area contributed by atoms with E-state index in [0.29, 0.717) is 16.3 Å². The summed E-state index contributed by atoms with van der Waals surface area (Å²) in [7, 11) is 5.84. The summed E-state index contributed by atoms with van der Waals surface area (Å²) in [4.78, 5) is 4.58. The van der Waals surface area contributed by atoms with E-state index in [2.05, 4.69) is 10.1 Å². The van der Waals surface area contributed by atoms with Gasteiger partial charge in [-0.2, -0.15) is 5.10 Å². The van der Waals surface area contributed by atoms with Crippen LogP contribution in [0.3, 0.4) is 0 Å². The zero-order valence-electron chi connectivity index (χ0n) is 10.3. The first kappa shape index (κ1) is 12.0. The molecule has 0 spiro atoms. The average molecular weight is 260 g/mol. The van der Waals surface area contributed by atoms with Crippen LogP contribution in [0, 0.1) is 5.92 Å². The number of fused-ring (bicyclic) bond motifs is 1. The number of hydrogen-bond donors (Lipinski definition) is 0. The van der Waals surface area contributed by atoms with Gasteiger partial charge in [0, 0.05) is 11.9 Å². The number of rotatable bonds is 2. The lowest BCUT2D eigenvalue weighted by Crippen LogP contribution is -2.12. The van der Waals surface area contributed by atoms with Crippen LogP contribution in [-0.2, 0) is 6.42 Å². The molecule has 0 aliphatic heterocycles. The molecule has 2 aromatic heterocycles. The Balaban J connectivity index is 1.89. The Morgan fingerprint density at radius 2 is 2.11 bits per heavy atom. The fourth-order valence-corrected chi connectivity index (χ4v) is 3.03. The molecule has 1 aliphatic rings. The monoisotopic (exact) mass is 259 g/mol. The van der Waals surface area contributed by atoms with E-state index in [1.807, 2.05) is 6.07 Å². The molecule has 1 fully saturated rings. The van der Waals surface area contributed by atoms with Gasteiger partial charge in [-0.25, -0.2) is 9.50 Å². The lowest BCUT2D eigenvalue weighted by molar-refractivity contribution is 0.354. The molecular weight excluding hydrogens is 244 g/mol. The van der Waals surface area contributed by atoms with Crippen molar-refractivity contribution in [2.75, 3.05) is 0 Å². The van der Waals surface area contributed by atoms with E-state index in [-0.39, 0.29) is 0 Å². The van der Waals surface area contributed by atoms with Gasteiger partial charge in [-0.05, 0) is 23.9 Å². The standard InChI is InChI=1S/C13H15BClN3/c14-11-8-16-18-12(15)7-10(17-13(11)18)6-9-4-2-1-3-5-9/h7-9H,1-6H2. The molecule has 0 unspecified atom stereocenters. The van der Waals surface area contributed by atoms with Crippen LogP contribution in [-0.4, -0.2) is 22.4 Å². The molecule has 3 rings (SSSR count). The predicted molar refractivity (Wildman–Crippen MR) is 73.7 cm³/mol. The molecule has 0 amide bonds. The van der Waals surface area contributed by atoms with Gasteiger partial charge in [0.15, 0.2) is 0 Å². The number of aromatic nitrogens is 3. The molecule has 2 aromatic rings. The van der Waals surface area contributed by atoms with Gasteiger partial charge in [0.1, 0.15) is 18.6 Å². The van der Waals surface area contributed by atoms with E-state index >= 15 is 0 Å². The van der Waals surface area contributed by atoms with Crippen molar-refractivity contribution in [2.24, 2.45) is 5.92 Å². The number of halogens is 1. The third kappa shape index (κ3) is 2.26. The molecule has 0 saturated heterocycles. The summed E-state index contributed by atoms with van der Waals surface area (Å²) in [6.45, 7) is 0.